The van der Waals surface area contributed by atoms with E-state index in [-0.39, 0.29) is 23.1 Å². The average Bonchev–Trinajstić information content (AvgIpc) is 1.64. The molecule has 4 heterocycles. The third-order valence-corrected chi connectivity index (χ3v) is 16.3. The number of allylic oxidation sites excluding steroid dienone is 2. The van der Waals surface area contributed by atoms with Crippen molar-refractivity contribution in [3.05, 3.63) is 265 Å². The fourth-order valence-corrected chi connectivity index (χ4v) is 12.9. The molecule has 0 saturated carbocycles. The van der Waals surface area contributed by atoms with Crippen LogP contribution in [0.4, 0.5) is 39.5 Å². The van der Waals surface area contributed by atoms with Crippen LogP contribution in [0.5, 0.6) is 0 Å². The van der Waals surface area contributed by atoms with Crippen LogP contribution in [0.25, 0.3) is 105 Å². The smallest absolute Gasteiger partial charge is 0.310 e. The molecule has 0 aliphatic rings. The van der Waals surface area contributed by atoms with Gasteiger partial charge in [0.1, 0.15) is 0 Å². The van der Waals surface area contributed by atoms with Crippen LogP contribution in [-0.4, -0.2) is 25.0 Å². The zero-order valence-corrected chi connectivity index (χ0v) is 44.5. The molecule has 0 fully saturated rings. The molecule has 410 valence electrons. The van der Waals surface area contributed by atoms with Gasteiger partial charge in [-0.2, -0.15) is 39.5 Å². The summed E-state index contributed by atoms with van der Waals surface area (Å²) in [5.74, 6) is 0. The Morgan fingerprint density at radius 1 is 0.369 bits per heavy atom. The zero-order valence-electron chi connectivity index (χ0n) is 44.5. The van der Waals surface area contributed by atoms with Crippen LogP contribution in [0.1, 0.15) is 27.9 Å². The minimum atomic E-state index is -5.65. The Morgan fingerprint density at radius 2 is 0.714 bits per heavy atom. The SMILES string of the molecule is C=C/C=C\c1c(C)c2c3c4ccccc4n(-c4ccc(B(c5ccc(-n6c7ccccc7c7c8c9ccccc9n(-c9ccccc9)c8ccc76)cc5)c5c(C(F)(F)F)cc(C(F)(F)F)cc5C(F)(F)F)cc4)c3ccc2n1-c1ccccc1. The molecule has 0 radical (unpaired) electrons. The number of hydrogen-bond acceptors (Lipinski definition) is 0. The zero-order chi connectivity index (χ0) is 58.0. The average molecular weight is 1120 g/mol. The second-order valence-corrected chi connectivity index (χ2v) is 21.0. The molecule has 0 N–H and O–H groups in total. The predicted octanol–water partition coefficient (Wildman–Crippen LogP) is 18.0. The first-order chi connectivity index (χ1) is 40.5. The van der Waals surface area contributed by atoms with E-state index in [9.17, 15) is 13.2 Å². The number of aromatic nitrogens is 4. The van der Waals surface area contributed by atoms with E-state index in [4.69, 9.17) is 0 Å². The van der Waals surface area contributed by atoms with E-state index in [1.165, 1.54) is 24.3 Å². The van der Waals surface area contributed by atoms with Crippen LogP contribution >= 0.6 is 0 Å². The Kier molecular flexibility index (Phi) is 12.0. The number of aryl methyl sites for hydroxylation is 1. The molecule has 0 aliphatic heterocycles. The lowest BCUT2D eigenvalue weighted by Gasteiger charge is -2.26. The maximum atomic E-state index is 15.5. The lowest BCUT2D eigenvalue weighted by molar-refractivity contribution is -0.147. The largest absolute Gasteiger partial charge is 0.416 e. The van der Waals surface area contributed by atoms with Gasteiger partial charge in [-0.05, 0) is 127 Å². The first-order valence-electron chi connectivity index (χ1n) is 27.0. The number of halogens is 9. The van der Waals surface area contributed by atoms with Gasteiger partial charge in [0.15, 0.2) is 0 Å². The molecule has 0 saturated heterocycles. The third kappa shape index (κ3) is 8.17. The van der Waals surface area contributed by atoms with Crippen LogP contribution < -0.4 is 16.4 Å². The monoisotopic (exact) mass is 1120 g/mol. The minimum Gasteiger partial charge on any atom is -0.310 e. The molecule has 0 spiro atoms. The summed E-state index contributed by atoms with van der Waals surface area (Å²) in [7, 11) is 0. The number of nitrogens with zero attached hydrogens (tertiary/aromatic N) is 4. The van der Waals surface area contributed by atoms with Crippen molar-refractivity contribution in [1.82, 2.24) is 18.3 Å². The predicted molar refractivity (Wildman–Crippen MR) is 323 cm³/mol. The highest BCUT2D eigenvalue weighted by Gasteiger charge is 2.47. The van der Waals surface area contributed by atoms with Crippen molar-refractivity contribution >= 4 is 105 Å². The van der Waals surface area contributed by atoms with Gasteiger partial charge >= 0.3 is 18.5 Å². The summed E-state index contributed by atoms with van der Waals surface area (Å²) < 4.78 is 145. The topological polar surface area (TPSA) is 19.7 Å². The first kappa shape index (κ1) is 52.2. The summed E-state index contributed by atoms with van der Waals surface area (Å²) in [6, 6.07) is 63.6. The van der Waals surface area contributed by atoms with Gasteiger partial charge in [-0.1, -0.05) is 145 Å². The van der Waals surface area contributed by atoms with E-state index >= 15 is 26.3 Å². The normalized spacial score (nSPS) is 12.6. The number of hydrogen-bond donors (Lipinski definition) is 0. The molecule has 4 aromatic heterocycles. The molecule has 10 aromatic carbocycles. The minimum absolute atomic E-state index is 0.0182. The van der Waals surface area contributed by atoms with E-state index in [1.54, 1.807) is 30.3 Å². The van der Waals surface area contributed by atoms with Gasteiger partial charge < -0.3 is 18.3 Å². The number of fused-ring (bicyclic) bond motifs is 12. The molecule has 0 unspecified atom stereocenters. The molecule has 0 atom stereocenters. The second-order valence-electron chi connectivity index (χ2n) is 21.0. The molecule has 0 bridgehead atoms. The van der Waals surface area contributed by atoms with Gasteiger partial charge in [-0.3, -0.25) is 0 Å². The van der Waals surface area contributed by atoms with Crippen molar-refractivity contribution in [3.63, 3.8) is 0 Å². The third-order valence-electron chi connectivity index (χ3n) is 16.3. The molecule has 14 heteroatoms. The number of benzene rings is 10. The van der Waals surface area contributed by atoms with E-state index in [2.05, 4.69) is 34.8 Å². The van der Waals surface area contributed by atoms with E-state index in [0.717, 1.165) is 99.0 Å². The molecule has 84 heavy (non-hydrogen) atoms. The summed E-state index contributed by atoms with van der Waals surface area (Å²) in [6.07, 6.45) is -11.3. The molecular weight excluding hydrogens is 1080 g/mol. The number of rotatable bonds is 9. The Hall–Kier alpha value is -9.95. The van der Waals surface area contributed by atoms with Gasteiger partial charge in [-0.25, -0.2) is 0 Å². The lowest BCUT2D eigenvalue weighted by Crippen LogP contribution is -2.56. The van der Waals surface area contributed by atoms with Crippen LogP contribution in [0.3, 0.4) is 0 Å². The maximum absolute atomic E-state index is 15.5. The van der Waals surface area contributed by atoms with Crippen LogP contribution in [0.2, 0.25) is 0 Å². The maximum Gasteiger partial charge on any atom is 0.416 e. The fourth-order valence-electron chi connectivity index (χ4n) is 12.9. The van der Waals surface area contributed by atoms with Gasteiger partial charge in [0.2, 0.25) is 6.71 Å². The number of para-hydroxylation sites is 5. The van der Waals surface area contributed by atoms with Crippen molar-refractivity contribution in [1.29, 1.82) is 0 Å². The van der Waals surface area contributed by atoms with Crippen molar-refractivity contribution < 1.29 is 39.5 Å². The summed E-state index contributed by atoms with van der Waals surface area (Å²) in [5.41, 5.74) is 3.38. The fraction of sp³-hybridized carbons (Fsp3) is 0.0571. The van der Waals surface area contributed by atoms with Gasteiger partial charge in [-0.15, -0.1) is 0 Å². The Balaban J connectivity index is 0.970. The van der Waals surface area contributed by atoms with Gasteiger partial charge in [0, 0.05) is 66.1 Å². The first-order valence-corrected chi connectivity index (χ1v) is 27.0. The molecular formula is C70H44BF9N4. The van der Waals surface area contributed by atoms with Crippen LogP contribution in [-0.2, 0) is 18.5 Å². The molecule has 14 aromatic rings. The van der Waals surface area contributed by atoms with Crippen molar-refractivity contribution in [2.45, 2.75) is 25.5 Å². The highest BCUT2D eigenvalue weighted by atomic mass is 19.4. The Morgan fingerprint density at radius 3 is 1.10 bits per heavy atom. The summed E-state index contributed by atoms with van der Waals surface area (Å²) in [6.45, 7) is 4.06. The van der Waals surface area contributed by atoms with Gasteiger partial charge in [0.05, 0.1) is 55.3 Å². The quantitative estimate of drug-likeness (QED) is 0.0780. The van der Waals surface area contributed by atoms with Crippen molar-refractivity contribution in [2.24, 2.45) is 0 Å². The Labute approximate surface area is 474 Å². The number of alkyl halides is 9. The highest BCUT2D eigenvalue weighted by Crippen LogP contribution is 2.45. The highest BCUT2D eigenvalue weighted by molar-refractivity contribution is 6.96. The van der Waals surface area contributed by atoms with Crippen molar-refractivity contribution in [3.8, 4) is 22.7 Å². The molecule has 4 nitrogen and oxygen atoms in total. The standard InChI is InChI=1S/C70H44BF9N4/c1-3-4-24-55-42(2)63-59(81(55)46-17-7-5-8-18-46)36-37-60-64(63)50-21-11-14-25-56(50)83(60)48-32-28-44(29-33-48)71(67-53(69(75,76)77)40-43(68(72,73)74)41-54(67)70(78,79)80)45-30-34-49(35-31-45)84-58-27-16-13-23-52(58)66-62(84)39-38-61-65(66)51-22-12-15-26-57(51)82(61)47-19-9-6-10-20-47/h3-41H,1H2,2H3/b24-4-. The van der Waals surface area contributed by atoms with E-state index < -0.39 is 47.4 Å². The summed E-state index contributed by atoms with van der Waals surface area (Å²) >= 11 is 0. The second kappa shape index (κ2) is 19.3. The lowest BCUT2D eigenvalue weighted by atomic mass is 9.35. The molecule has 0 aliphatic carbocycles. The molecule has 0 amide bonds. The summed E-state index contributed by atoms with van der Waals surface area (Å²) in [5, 5.41) is 6.62. The van der Waals surface area contributed by atoms with Crippen molar-refractivity contribution in [2.75, 3.05) is 0 Å². The van der Waals surface area contributed by atoms with Crippen LogP contribution in [0, 0.1) is 6.92 Å². The summed E-state index contributed by atoms with van der Waals surface area (Å²) in [4.78, 5) is 0. The van der Waals surface area contributed by atoms with Crippen LogP contribution in [0.15, 0.2) is 237 Å². The van der Waals surface area contributed by atoms with Gasteiger partial charge in [0.25, 0.3) is 0 Å². The molecule has 14 rings (SSSR count). The van der Waals surface area contributed by atoms with E-state index in [0.29, 0.717) is 11.4 Å². The van der Waals surface area contributed by atoms with E-state index in [1.807, 2.05) is 167 Å². The Bertz CT molecular complexity index is 4950.